The first-order valence-corrected chi connectivity index (χ1v) is 5.48. The first-order valence-electron chi connectivity index (χ1n) is 5.48. The highest BCUT2D eigenvalue weighted by Gasteiger charge is 2.02. The third kappa shape index (κ3) is 3.78. The third-order valence-electron chi connectivity index (χ3n) is 2.32. The smallest absolute Gasteiger partial charge is 0.119 e. The predicted octanol–water partition coefficient (Wildman–Crippen LogP) is 4.01. The molecular weight excluding hydrogens is 184 g/mol. The molecule has 0 aromatic heterocycles. The third-order valence-corrected chi connectivity index (χ3v) is 2.32. The van der Waals surface area contributed by atoms with Gasteiger partial charge in [0.15, 0.2) is 0 Å². The molecule has 1 nitrogen and oxygen atoms in total. The van der Waals surface area contributed by atoms with E-state index in [1.807, 2.05) is 18.2 Å². The molecule has 0 aliphatic carbocycles. The maximum atomic E-state index is 5.67. The minimum absolute atomic E-state index is 0.382. The minimum atomic E-state index is 0.382. The minimum Gasteiger partial charge on any atom is -0.493 e. The zero-order chi connectivity index (χ0) is 11.3. The number of rotatable bonds is 5. The number of hydrogen-bond acceptors (Lipinski definition) is 1. The molecule has 0 aliphatic rings. The molecule has 0 amide bonds. The highest BCUT2D eigenvalue weighted by Crippen LogP contribution is 2.21. The van der Waals surface area contributed by atoms with Crippen molar-refractivity contribution in [3.05, 3.63) is 42.5 Å². The van der Waals surface area contributed by atoms with E-state index in [4.69, 9.17) is 4.74 Å². The maximum Gasteiger partial charge on any atom is 0.119 e. The lowest BCUT2D eigenvalue weighted by molar-refractivity contribution is 0.271. The van der Waals surface area contributed by atoms with Crippen LogP contribution in [0.5, 0.6) is 5.75 Å². The van der Waals surface area contributed by atoms with Crippen molar-refractivity contribution in [1.82, 2.24) is 0 Å². The van der Waals surface area contributed by atoms with Crippen LogP contribution in [0.1, 0.15) is 32.3 Å². The Labute approximate surface area is 92.8 Å². The molecule has 82 valence electrons. The average Bonchev–Trinajstić information content (AvgIpc) is 2.25. The fourth-order valence-corrected chi connectivity index (χ4v) is 1.29. The van der Waals surface area contributed by atoms with Crippen molar-refractivity contribution in [3.8, 4) is 5.75 Å². The van der Waals surface area contributed by atoms with E-state index in [0.717, 1.165) is 12.4 Å². The zero-order valence-corrected chi connectivity index (χ0v) is 9.86. The Hall–Kier alpha value is -1.24. The van der Waals surface area contributed by atoms with E-state index in [1.54, 1.807) is 0 Å². The normalized spacial score (nSPS) is 12.5. The summed E-state index contributed by atoms with van der Waals surface area (Å²) in [5, 5.41) is 0. The monoisotopic (exact) mass is 204 g/mol. The van der Waals surface area contributed by atoms with Gasteiger partial charge in [0.25, 0.3) is 0 Å². The number of hydrogen-bond donors (Lipinski definition) is 0. The summed E-state index contributed by atoms with van der Waals surface area (Å²) in [5.41, 5.74) is 1.26. The molecule has 1 atom stereocenters. The van der Waals surface area contributed by atoms with Gasteiger partial charge in [-0.1, -0.05) is 39.0 Å². The zero-order valence-electron chi connectivity index (χ0n) is 9.86. The van der Waals surface area contributed by atoms with Gasteiger partial charge in [-0.3, -0.25) is 0 Å². The lowest BCUT2D eigenvalue weighted by Gasteiger charge is -2.11. The molecule has 0 saturated heterocycles. The second-order valence-electron chi connectivity index (χ2n) is 4.30. The lowest BCUT2D eigenvalue weighted by atomic mass is 10.0. The molecule has 0 bridgehead atoms. The SMILES string of the molecule is C=CC(C)c1cccc(OCC(C)C)c1. The van der Waals surface area contributed by atoms with Gasteiger partial charge in [0, 0.05) is 0 Å². The summed E-state index contributed by atoms with van der Waals surface area (Å²) in [7, 11) is 0. The van der Waals surface area contributed by atoms with E-state index in [2.05, 4.69) is 39.5 Å². The molecule has 0 fully saturated rings. The summed E-state index contributed by atoms with van der Waals surface area (Å²) in [6, 6.07) is 8.23. The fraction of sp³-hybridized carbons (Fsp3) is 0.429. The summed E-state index contributed by atoms with van der Waals surface area (Å²) in [5.74, 6) is 1.90. The lowest BCUT2D eigenvalue weighted by Crippen LogP contribution is -2.04. The van der Waals surface area contributed by atoms with Gasteiger partial charge in [-0.25, -0.2) is 0 Å². The number of ether oxygens (including phenoxy) is 1. The van der Waals surface area contributed by atoms with Crippen molar-refractivity contribution in [2.75, 3.05) is 6.61 Å². The predicted molar refractivity (Wildman–Crippen MR) is 65.4 cm³/mol. The van der Waals surface area contributed by atoms with Crippen molar-refractivity contribution in [2.24, 2.45) is 5.92 Å². The topological polar surface area (TPSA) is 9.23 Å². The van der Waals surface area contributed by atoms with Crippen molar-refractivity contribution < 1.29 is 4.74 Å². The van der Waals surface area contributed by atoms with Gasteiger partial charge in [-0.2, -0.15) is 0 Å². The van der Waals surface area contributed by atoms with E-state index >= 15 is 0 Å². The Kier molecular flexibility index (Phi) is 4.41. The fourth-order valence-electron chi connectivity index (χ4n) is 1.29. The summed E-state index contributed by atoms with van der Waals surface area (Å²) < 4.78 is 5.67. The standard InChI is InChI=1S/C14H20O/c1-5-12(4)13-7-6-8-14(9-13)15-10-11(2)3/h5-9,11-12H,1,10H2,2-4H3. The van der Waals surface area contributed by atoms with Gasteiger partial charge < -0.3 is 4.74 Å². The highest BCUT2D eigenvalue weighted by atomic mass is 16.5. The van der Waals surface area contributed by atoms with Gasteiger partial charge in [0.05, 0.1) is 6.61 Å². The molecular formula is C14H20O. The van der Waals surface area contributed by atoms with Crippen LogP contribution in [0.3, 0.4) is 0 Å². The molecule has 0 radical (unpaired) electrons. The van der Waals surface area contributed by atoms with Crippen LogP contribution in [-0.2, 0) is 0 Å². The second kappa shape index (κ2) is 5.59. The molecule has 0 saturated carbocycles. The van der Waals surface area contributed by atoms with Crippen LogP contribution in [0.15, 0.2) is 36.9 Å². The van der Waals surface area contributed by atoms with Crippen LogP contribution in [-0.4, -0.2) is 6.61 Å². The van der Waals surface area contributed by atoms with Crippen molar-refractivity contribution in [3.63, 3.8) is 0 Å². The second-order valence-corrected chi connectivity index (χ2v) is 4.30. The van der Waals surface area contributed by atoms with E-state index in [9.17, 15) is 0 Å². The summed E-state index contributed by atoms with van der Waals surface area (Å²) in [4.78, 5) is 0. The van der Waals surface area contributed by atoms with E-state index in [-0.39, 0.29) is 0 Å². The van der Waals surface area contributed by atoms with Crippen molar-refractivity contribution >= 4 is 0 Å². The van der Waals surface area contributed by atoms with Gasteiger partial charge in [-0.15, -0.1) is 6.58 Å². The Bertz CT molecular complexity index is 315. The van der Waals surface area contributed by atoms with Gasteiger partial charge in [-0.05, 0) is 29.5 Å². The van der Waals surface area contributed by atoms with Crippen LogP contribution in [0.4, 0.5) is 0 Å². The van der Waals surface area contributed by atoms with Crippen LogP contribution < -0.4 is 4.74 Å². The van der Waals surface area contributed by atoms with Gasteiger partial charge in [0.1, 0.15) is 5.75 Å². The molecule has 1 heteroatoms. The maximum absolute atomic E-state index is 5.67. The molecule has 15 heavy (non-hydrogen) atoms. The van der Waals surface area contributed by atoms with Crippen LogP contribution in [0.2, 0.25) is 0 Å². The first-order chi connectivity index (χ1) is 7.13. The quantitative estimate of drug-likeness (QED) is 0.658. The highest BCUT2D eigenvalue weighted by molar-refractivity contribution is 5.32. The Morgan fingerprint density at radius 2 is 2.07 bits per heavy atom. The molecule has 0 spiro atoms. The Morgan fingerprint density at radius 3 is 2.67 bits per heavy atom. The summed E-state index contributed by atoms with van der Waals surface area (Å²) in [6.07, 6.45) is 1.95. The van der Waals surface area contributed by atoms with Crippen LogP contribution in [0, 0.1) is 5.92 Å². The summed E-state index contributed by atoms with van der Waals surface area (Å²) in [6.45, 7) is 11.0. The molecule has 0 N–H and O–H groups in total. The molecule has 1 aromatic rings. The summed E-state index contributed by atoms with van der Waals surface area (Å²) >= 11 is 0. The van der Waals surface area contributed by atoms with Crippen LogP contribution in [0.25, 0.3) is 0 Å². The first kappa shape index (κ1) is 11.8. The molecule has 1 rings (SSSR count). The Balaban J connectivity index is 2.69. The molecule has 0 heterocycles. The molecule has 0 aliphatic heterocycles. The van der Waals surface area contributed by atoms with Crippen molar-refractivity contribution in [1.29, 1.82) is 0 Å². The average molecular weight is 204 g/mol. The van der Waals surface area contributed by atoms with E-state index in [0.29, 0.717) is 11.8 Å². The van der Waals surface area contributed by atoms with Crippen LogP contribution >= 0.6 is 0 Å². The Morgan fingerprint density at radius 1 is 1.33 bits per heavy atom. The van der Waals surface area contributed by atoms with E-state index < -0.39 is 0 Å². The molecule has 1 unspecified atom stereocenters. The van der Waals surface area contributed by atoms with Gasteiger partial charge >= 0.3 is 0 Å². The largest absolute Gasteiger partial charge is 0.493 e. The molecule has 1 aromatic carbocycles. The van der Waals surface area contributed by atoms with E-state index in [1.165, 1.54) is 5.56 Å². The van der Waals surface area contributed by atoms with Crippen molar-refractivity contribution in [2.45, 2.75) is 26.7 Å². The van der Waals surface area contributed by atoms with Gasteiger partial charge in [0.2, 0.25) is 0 Å². The number of benzene rings is 1. The number of allylic oxidation sites excluding steroid dienone is 1.